The number of rotatable bonds is 4. The van der Waals surface area contributed by atoms with Gasteiger partial charge in [-0.05, 0) is 56.2 Å². The molecule has 0 atom stereocenters. The summed E-state index contributed by atoms with van der Waals surface area (Å²) in [4.78, 5) is 6.87. The highest BCUT2D eigenvalue weighted by atomic mass is 15.2. The van der Waals surface area contributed by atoms with E-state index >= 15 is 0 Å². The Balaban J connectivity index is 1.97. The van der Waals surface area contributed by atoms with Crippen LogP contribution in [0.3, 0.4) is 0 Å². The lowest BCUT2D eigenvalue weighted by Crippen LogP contribution is -2.32. The molecule has 3 heteroatoms. The molecular formula is C19H23N3. The molecule has 0 amide bonds. The van der Waals surface area contributed by atoms with Gasteiger partial charge in [-0.2, -0.15) is 0 Å². The molecule has 0 fully saturated rings. The first kappa shape index (κ1) is 14.6. The van der Waals surface area contributed by atoms with Gasteiger partial charge in [-0.25, -0.2) is 0 Å². The number of amidine groups is 1. The van der Waals surface area contributed by atoms with E-state index in [-0.39, 0.29) is 0 Å². The van der Waals surface area contributed by atoms with Gasteiger partial charge in [0.25, 0.3) is 0 Å². The van der Waals surface area contributed by atoms with Gasteiger partial charge in [-0.15, -0.1) is 0 Å². The summed E-state index contributed by atoms with van der Waals surface area (Å²) in [6, 6.07) is 15.3. The van der Waals surface area contributed by atoms with Crippen molar-refractivity contribution in [3.63, 3.8) is 0 Å². The number of aliphatic imine (C=N–C) groups is 1. The van der Waals surface area contributed by atoms with E-state index < -0.39 is 0 Å². The van der Waals surface area contributed by atoms with Crippen LogP contribution in [0.4, 0.5) is 11.4 Å². The molecule has 3 nitrogen and oxygen atoms in total. The van der Waals surface area contributed by atoms with Crippen LogP contribution in [0, 0.1) is 20.8 Å². The van der Waals surface area contributed by atoms with Crippen LogP contribution in [0.15, 0.2) is 47.5 Å². The lowest BCUT2D eigenvalue weighted by Gasteiger charge is -2.26. The van der Waals surface area contributed by atoms with E-state index in [0.29, 0.717) is 0 Å². The van der Waals surface area contributed by atoms with Crippen molar-refractivity contribution in [3.05, 3.63) is 59.2 Å². The fourth-order valence-corrected chi connectivity index (χ4v) is 2.65. The Hall–Kier alpha value is -2.29. The molecule has 1 N–H and O–H groups in total. The van der Waals surface area contributed by atoms with Gasteiger partial charge in [0.2, 0.25) is 0 Å². The van der Waals surface area contributed by atoms with Crippen LogP contribution in [0.5, 0.6) is 0 Å². The predicted octanol–water partition coefficient (Wildman–Crippen LogP) is 3.75. The van der Waals surface area contributed by atoms with E-state index in [1.54, 1.807) is 0 Å². The largest absolute Gasteiger partial charge is 0.370 e. The van der Waals surface area contributed by atoms with Crippen molar-refractivity contribution in [3.8, 4) is 0 Å². The second-order valence-corrected chi connectivity index (χ2v) is 5.95. The number of benzene rings is 2. The minimum atomic E-state index is 0.783. The third kappa shape index (κ3) is 3.14. The van der Waals surface area contributed by atoms with Crippen LogP contribution >= 0.6 is 0 Å². The topological polar surface area (TPSA) is 27.6 Å². The first-order valence-electron chi connectivity index (χ1n) is 7.82. The molecule has 0 aromatic heterocycles. The van der Waals surface area contributed by atoms with Crippen molar-refractivity contribution in [2.24, 2.45) is 4.99 Å². The number of hydrogen-bond acceptors (Lipinski definition) is 3. The molecule has 1 aliphatic heterocycles. The molecular weight excluding hydrogens is 270 g/mol. The molecule has 0 aliphatic carbocycles. The number of hydrogen-bond donors (Lipinski definition) is 1. The van der Waals surface area contributed by atoms with Gasteiger partial charge < -0.3 is 10.2 Å². The van der Waals surface area contributed by atoms with E-state index in [4.69, 9.17) is 0 Å². The van der Waals surface area contributed by atoms with Crippen molar-refractivity contribution < 1.29 is 0 Å². The van der Waals surface area contributed by atoms with E-state index in [1.165, 1.54) is 28.1 Å². The number of nitrogens with one attached hydrogen (secondary N) is 1. The fourth-order valence-electron chi connectivity index (χ4n) is 2.65. The SMILES string of the molecule is Cc1ccc(N(CC2=NCCN2)c2ccc(C)c(C)c2)cc1. The Morgan fingerprint density at radius 3 is 2.32 bits per heavy atom. The Bertz CT molecular complexity index is 686. The van der Waals surface area contributed by atoms with Crippen LogP contribution < -0.4 is 10.2 Å². The van der Waals surface area contributed by atoms with Gasteiger partial charge >= 0.3 is 0 Å². The average molecular weight is 293 g/mol. The molecule has 0 spiro atoms. The number of aryl methyl sites for hydroxylation is 3. The van der Waals surface area contributed by atoms with Crippen LogP contribution in [-0.4, -0.2) is 25.5 Å². The number of anilines is 2. The van der Waals surface area contributed by atoms with Crippen molar-refractivity contribution in [2.45, 2.75) is 20.8 Å². The summed E-state index contributed by atoms with van der Waals surface area (Å²) >= 11 is 0. The summed E-state index contributed by atoms with van der Waals surface area (Å²) < 4.78 is 0. The van der Waals surface area contributed by atoms with Crippen LogP contribution in [-0.2, 0) is 0 Å². The van der Waals surface area contributed by atoms with Crippen molar-refractivity contribution in [2.75, 3.05) is 24.5 Å². The smallest absolute Gasteiger partial charge is 0.117 e. The van der Waals surface area contributed by atoms with E-state index in [1.807, 2.05) is 0 Å². The Morgan fingerprint density at radius 2 is 1.68 bits per heavy atom. The van der Waals surface area contributed by atoms with Gasteiger partial charge in [0.15, 0.2) is 0 Å². The third-order valence-corrected chi connectivity index (χ3v) is 4.20. The highest BCUT2D eigenvalue weighted by Crippen LogP contribution is 2.27. The maximum absolute atomic E-state index is 4.55. The lowest BCUT2D eigenvalue weighted by molar-refractivity contribution is 0.949. The third-order valence-electron chi connectivity index (χ3n) is 4.20. The van der Waals surface area contributed by atoms with Crippen LogP contribution in [0.2, 0.25) is 0 Å². The van der Waals surface area contributed by atoms with Crippen LogP contribution in [0.1, 0.15) is 16.7 Å². The van der Waals surface area contributed by atoms with E-state index in [2.05, 4.69) is 78.4 Å². The molecule has 0 unspecified atom stereocenters. The molecule has 0 saturated carbocycles. The van der Waals surface area contributed by atoms with Gasteiger partial charge in [0, 0.05) is 17.9 Å². The van der Waals surface area contributed by atoms with Gasteiger partial charge in [0.05, 0.1) is 13.1 Å². The van der Waals surface area contributed by atoms with Crippen molar-refractivity contribution in [1.29, 1.82) is 0 Å². The van der Waals surface area contributed by atoms with Crippen LogP contribution in [0.25, 0.3) is 0 Å². The van der Waals surface area contributed by atoms with Crippen molar-refractivity contribution in [1.82, 2.24) is 5.32 Å². The molecule has 2 aromatic carbocycles. The zero-order valence-electron chi connectivity index (χ0n) is 13.6. The summed E-state index contributed by atoms with van der Waals surface area (Å²) in [5, 5.41) is 3.37. The fraction of sp³-hybridized carbons (Fsp3) is 0.316. The van der Waals surface area contributed by atoms with Gasteiger partial charge in [-0.3, -0.25) is 4.99 Å². The molecule has 0 bridgehead atoms. The predicted molar refractivity (Wildman–Crippen MR) is 94.4 cm³/mol. The summed E-state index contributed by atoms with van der Waals surface area (Å²) in [6.07, 6.45) is 0. The summed E-state index contributed by atoms with van der Waals surface area (Å²) in [5.74, 6) is 1.07. The molecule has 22 heavy (non-hydrogen) atoms. The Kier molecular flexibility index (Phi) is 4.14. The summed E-state index contributed by atoms with van der Waals surface area (Å²) in [7, 11) is 0. The quantitative estimate of drug-likeness (QED) is 0.929. The maximum Gasteiger partial charge on any atom is 0.117 e. The highest BCUT2D eigenvalue weighted by molar-refractivity contribution is 5.90. The molecule has 1 aliphatic rings. The molecule has 3 rings (SSSR count). The first-order valence-corrected chi connectivity index (χ1v) is 7.82. The van der Waals surface area contributed by atoms with Gasteiger partial charge in [-0.1, -0.05) is 23.8 Å². The zero-order chi connectivity index (χ0) is 15.5. The summed E-state index contributed by atoms with van der Waals surface area (Å²) in [5.41, 5.74) is 6.33. The molecule has 114 valence electrons. The highest BCUT2D eigenvalue weighted by Gasteiger charge is 2.15. The average Bonchev–Trinajstić information content (AvgIpc) is 3.02. The molecule has 0 saturated heterocycles. The Morgan fingerprint density at radius 1 is 0.955 bits per heavy atom. The monoisotopic (exact) mass is 293 g/mol. The van der Waals surface area contributed by atoms with Crippen molar-refractivity contribution >= 4 is 17.2 Å². The zero-order valence-corrected chi connectivity index (χ0v) is 13.6. The minimum Gasteiger partial charge on any atom is -0.370 e. The second-order valence-electron chi connectivity index (χ2n) is 5.95. The van der Waals surface area contributed by atoms with E-state index in [0.717, 1.165) is 25.5 Å². The summed E-state index contributed by atoms with van der Waals surface area (Å²) in [6.45, 7) is 9.04. The minimum absolute atomic E-state index is 0.783. The van der Waals surface area contributed by atoms with E-state index in [9.17, 15) is 0 Å². The standard InChI is InChI=1S/C19H23N3/c1-14-4-7-17(8-5-14)22(13-19-20-10-11-21-19)18-9-6-15(2)16(3)12-18/h4-9,12H,10-11,13H2,1-3H3,(H,20,21). The maximum atomic E-state index is 4.55. The number of nitrogens with zero attached hydrogens (tertiary/aromatic N) is 2. The normalized spacial score (nSPS) is 13.7. The first-order chi connectivity index (χ1) is 10.6. The molecule has 2 aromatic rings. The van der Waals surface area contributed by atoms with Gasteiger partial charge in [0.1, 0.15) is 5.84 Å². The molecule has 0 radical (unpaired) electrons. The Labute approximate surface area is 132 Å². The lowest BCUT2D eigenvalue weighted by atomic mass is 10.1. The molecule has 1 heterocycles. The second kappa shape index (κ2) is 6.22.